The molecule has 0 bridgehead atoms. The molecule has 1 heterocycles. The van der Waals surface area contributed by atoms with Crippen molar-refractivity contribution in [2.75, 3.05) is 0 Å². The van der Waals surface area contributed by atoms with Crippen LogP contribution in [0.15, 0.2) is 48.4 Å². The van der Waals surface area contributed by atoms with Crippen LogP contribution in [0.3, 0.4) is 0 Å². The van der Waals surface area contributed by atoms with Crippen LogP contribution >= 0.6 is 0 Å². The minimum atomic E-state index is -0.188. The Morgan fingerprint density at radius 3 is 2.13 bits per heavy atom. The number of allylic oxidation sites excluding steroid dienone is 2. The van der Waals surface area contributed by atoms with E-state index in [4.69, 9.17) is 0 Å². The molecule has 3 aromatic rings. The first-order chi connectivity index (χ1) is 17.6. The van der Waals surface area contributed by atoms with Gasteiger partial charge in [0, 0.05) is 50.0 Å². The second-order valence-corrected chi connectivity index (χ2v) is 10.1. The molecule has 0 aliphatic rings. The van der Waals surface area contributed by atoms with E-state index < -0.39 is 0 Å². The van der Waals surface area contributed by atoms with Gasteiger partial charge in [-0.3, -0.25) is 9.18 Å². The van der Waals surface area contributed by atoms with E-state index in [0.717, 1.165) is 47.7 Å². The summed E-state index contributed by atoms with van der Waals surface area (Å²) >= 11 is 0. The number of nitrogens with zero attached hydrogens (tertiary/aromatic N) is 1. The molecule has 38 heavy (non-hydrogen) atoms. The number of hydrogen-bond acceptors (Lipinski definition) is 3. The number of aliphatic hydroxyl groups excluding tert-OH is 1. The molecule has 0 unspecified atom stereocenters. The van der Waals surface area contributed by atoms with Crippen LogP contribution in [-0.2, 0) is 24.9 Å². The average Bonchev–Trinajstić information content (AvgIpc) is 2.88. The fourth-order valence-corrected chi connectivity index (χ4v) is 4.54. The minimum Gasteiger partial charge on any atom is -0.512 e. The molecular weight excluding hydrogens is 654 g/mol. The number of hydrogen-bond donors (Lipinski definition) is 1. The van der Waals surface area contributed by atoms with E-state index in [1.807, 2.05) is 39.8 Å². The summed E-state index contributed by atoms with van der Waals surface area (Å²) in [4.78, 5) is 16.3. The largest absolute Gasteiger partial charge is 0.512 e. The molecule has 209 valence electrons. The molecule has 0 saturated heterocycles. The Morgan fingerprint density at radius 2 is 1.61 bits per heavy atom. The van der Waals surface area contributed by atoms with Gasteiger partial charge < -0.3 is 10.1 Å². The third kappa shape index (κ3) is 8.58. The van der Waals surface area contributed by atoms with Gasteiger partial charge in [-0.05, 0) is 59.7 Å². The third-order valence-corrected chi connectivity index (χ3v) is 7.15. The van der Waals surface area contributed by atoms with Crippen molar-refractivity contribution in [1.29, 1.82) is 0 Å². The molecule has 5 heteroatoms. The standard InChI is InChI=1S/C20H19FN.C13H24O2.Ir/c1-12(2)16-6-5-15-7-8-22-20(18(15)11-16)17-9-13(3)19(21)14(4)10-17;1-5-10(6-2)12(14)9-13(15)11(7-3)8-4;/h5-9,11-12H,1-4H3;9-11,14H,5-8H2,1-4H3;/q-1;;/b;12-9-;. The normalized spacial score (nSPS) is 11.5. The maximum absolute atomic E-state index is 13.9. The fourth-order valence-electron chi connectivity index (χ4n) is 4.54. The zero-order chi connectivity index (χ0) is 27.7. The van der Waals surface area contributed by atoms with E-state index in [1.165, 1.54) is 11.6 Å². The Labute approximate surface area is 242 Å². The number of fused-ring (bicyclic) bond motifs is 1. The molecular formula is C33H43FIrNO2-. The van der Waals surface area contributed by atoms with Crippen molar-refractivity contribution in [2.45, 2.75) is 87.0 Å². The van der Waals surface area contributed by atoms with Crippen LogP contribution in [0.4, 0.5) is 4.39 Å². The Bertz CT molecular complexity index is 1200. The topological polar surface area (TPSA) is 50.2 Å². The summed E-state index contributed by atoms with van der Waals surface area (Å²) < 4.78 is 13.9. The van der Waals surface area contributed by atoms with Gasteiger partial charge >= 0.3 is 0 Å². The van der Waals surface area contributed by atoms with E-state index in [0.29, 0.717) is 17.0 Å². The minimum absolute atomic E-state index is 0. The summed E-state index contributed by atoms with van der Waals surface area (Å²) in [5, 5.41) is 12.0. The van der Waals surface area contributed by atoms with Crippen LogP contribution in [0.25, 0.3) is 22.0 Å². The monoisotopic (exact) mass is 697 g/mol. The number of rotatable bonds is 9. The maximum atomic E-state index is 13.9. The van der Waals surface area contributed by atoms with E-state index in [-0.39, 0.29) is 49.3 Å². The van der Waals surface area contributed by atoms with Gasteiger partial charge in [-0.2, -0.15) is 0 Å². The SMILES string of the molecule is CCC(CC)C(=O)/C=C(\O)C(CC)CC.Cc1[c-]c(-c2nccc3ccc(C(C)C)cc23)cc(C)c1F.[Ir]. The van der Waals surface area contributed by atoms with Crippen molar-refractivity contribution in [3.8, 4) is 11.3 Å². The maximum Gasteiger partial charge on any atom is 0.162 e. The Balaban J connectivity index is 0.000000401. The van der Waals surface area contributed by atoms with Crippen LogP contribution in [0.1, 0.15) is 89.8 Å². The molecule has 0 spiro atoms. The average molecular weight is 697 g/mol. The summed E-state index contributed by atoms with van der Waals surface area (Å²) in [6.45, 7) is 16.0. The summed E-state index contributed by atoms with van der Waals surface area (Å²) in [5.41, 5.74) is 4.16. The van der Waals surface area contributed by atoms with E-state index in [9.17, 15) is 14.3 Å². The number of pyridine rings is 1. The Kier molecular flexibility index (Phi) is 14.1. The van der Waals surface area contributed by atoms with Gasteiger partial charge in [-0.15, -0.1) is 17.7 Å². The van der Waals surface area contributed by atoms with Crippen molar-refractivity contribution >= 4 is 16.6 Å². The Hall–Kier alpha value is -2.36. The zero-order valence-corrected chi connectivity index (χ0v) is 26.5. The molecule has 0 aliphatic carbocycles. The van der Waals surface area contributed by atoms with Gasteiger partial charge in [-0.25, -0.2) is 0 Å². The number of benzene rings is 2. The number of aryl methyl sites for hydroxylation is 2. The molecule has 0 fully saturated rings. The summed E-state index contributed by atoms with van der Waals surface area (Å²) in [5.74, 6) is 0.816. The number of aliphatic hydroxyl groups is 1. The van der Waals surface area contributed by atoms with Crippen LogP contribution < -0.4 is 0 Å². The molecule has 3 nitrogen and oxygen atoms in total. The summed E-state index contributed by atoms with van der Waals surface area (Å²) in [7, 11) is 0. The molecule has 1 radical (unpaired) electrons. The van der Waals surface area contributed by atoms with Crippen molar-refractivity contribution in [2.24, 2.45) is 11.8 Å². The molecule has 3 rings (SSSR count). The predicted molar refractivity (Wildman–Crippen MR) is 153 cm³/mol. The van der Waals surface area contributed by atoms with Crippen LogP contribution in [0.2, 0.25) is 0 Å². The smallest absolute Gasteiger partial charge is 0.162 e. The third-order valence-electron chi connectivity index (χ3n) is 7.15. The summed E-state index contributed by atoms with van der Waals surface area (Å²) in [6.07, 6.45) is 6.71. The van der Waals surface area contributed by atoms with Crippen LogP contribution in [0, 0.1) is 37.6 Å². The Morgan fingerprint density at radius 1 is 1.00 bits per heavy atom. The van der Waals surface area contributed by atoms with E-state index >= 15 is 0 Å². The van der Waals surface area contributed by atoms with E-state index in [1.54, 1.807) is 20.0 Å². The fraction of sp³-hybridized carbons (Fsp3) is 0.455. The van der Waals surface area contributed by atoms with Crippen molar-refractivity contribution < 1.29 is 34.4 Å². The van der Waals surface area contributed by atoms with E-state index in [2.05, 4.69) is 43.1 Å². The quantitative estimate of drug-likeness (QED) is 0.138. The molecule has 1 N–H and O–H groups in total. The molecule has 0 saturated carbocycles. The number of halogens is 1. The van der Waals surface area contributed by atoms with Gasteiger partial charge in [0.1, 0.15) is 0 Å². The second kappa shape index (κ2) is 15.9. The first kappa shape index (κ1) is 33.7. The zero-order valence-electron chi connectivity index (χ0n) is 24.1. The molecule has 0 amide bonds. The summed E-state index contributed by atoms with van der Waals surface area (Å²) in [6, 6.07) is 13.4. The number of carbonyl (C=O) groups excluding carboxylic acids is 1. The van der Waals surface area contributed by atoms with Crippen molar-refractivity contribution in [3.05, 3.63) is 76.9 Å². The molecule has 1 aromatic heterocycles. The number of ketones is 1. The van der Waals surface area contributed by atoms with Gasteiger partial charge in [0.15, 0.2) is 5.78 Å². The first-order valence-corrected chi connectivity index (χ1v) is 13.6. The van der Waals surface area contributed by atoms with Crippen molar-refractivity contribution in [1.82, 2.24) is 4.98 Å². The van der Waals surface area contributed by atoms with Gasteiger partial charge in [0.05, 0.1) is 5.76 Å². The van der Waals surface area contributed by atoms with Gasteiger partial charge in [-0.1, -0.05) is 84.7 Å². The predicted octanol–water partition coefficient (Wildman–Crippen LogP) is 9.45. The van der Waals surface area contributed by atoms with Gasteiger partial charge in [0.2, 0.25) is 0 Å². The van der Waals surface area contributed by atoms with Crippen molar-refractivity contribution in [3.63, 3.8) is 0 Å². The molecule has 0 atom stereocenters. The van der Waals surface area contributed by atoms with Crippen LogP contribution in [-0.4, -0.2) is 15.9 Å². The first-order valence-electron chi connectivity index (χ1n) is 13.6. The second-order valence-electron chi connectivity index (χ2n) is 10.1. The number of carbonyl (C=O) groups is 1. The molecule has 2 aromatic carbocycles. The van der Waals surface area contributed by atoms with Gasteiger partial charge in [0.25, 0.3) is 0 Å². The van der Waals surface area contributed by atoms with Crippen LogP contribution in [0.5, 0.6) is 0 Å². The molecule has 0 aliphatic heterocycles. The number of aromatic nitrogens is 1.